The van der Waals surface area contributed by atoms with Crippen molar-refractivity contribution in [3.05, 3.63) is 46.4 Å². The number of benzene rings is 3. The zero-order valence-corrected chi connectivity index (χ0v) is 18.8. The van der Waals surface area contributed by atoms with Crippen LogP contribution in [0.1, 0.15) is 55.5 Å². The summed E-state index contributed by atoms with van der Waals surface area (Å²) >= 11 is 3.64. The van der Waals surface area contributed by atoms with Crippen LogP contribution in [0, 0.1) is 6.92 Å². The Morgan fingerprint density at radius 2 is 1.24 bits per heavy atom. The van der Waals surface area contributed by atoms with Crippen LogP contribution in [0.4, 0.5) is 0 Å². The Balaban J connectivity index is 1.50. The minimum Gasteiger partial charge on any atom is -0.241 e. The fourth-order valence-electron chi connectivity index (χ4n) is 4.32. The van der Waals surface area contributed by atoms with Gasteiger partial charge in [0.2, 0.25) is 0 Å². The van der Waals surface area contributed by atoms with E-state index in [-0.39, 0.29) is 0 Å². The monoisotopic (exact) mass is 418 g/mol. The minimum atomic E-state index is 1.11. The summed E-state index contributed by atoms with van der Waals surface area (Å²) in [4.78, 5) is 9.83. The summed E-state index contributed by atoms with van der Waals surface area (Å²) in [6, 6.07) is 13.5. The molecule has 5 rings (SSSR count). The molecule has 4 heteroatoms. The Labute approximate surface area is 179 Å². The molecule has 0 aliphatic rings. The summed E-state index contributed by atoms with van der Waals surface area (Å²) in [5, 5.41) is 7.51. The molecule has 2 heterocycles. The molecule has 0 spiro atoms. The highest BCUT2D eigenvalue weighted by Crippen LogP contribution is 2.37. The molecule has 29 heavy (non-hydrogen) atoms. The van der Waals surface area contributed by atoms with E-state index in [0.29, 0.717) is 0 Å². The number of fused-ring (bicyclic) bond motifs is 7. The molecular formula is C25H26N2S2. The molecule has 2 aromatic heterocycles. The van der Waals surface area contributed by atoms with Gasteiger partial charge in [-0.25, -0.2) is 9.97 Å². The average Bonchev–Trinajstić information content (AvgIpc) is 3.32. The van der Waals surface area contributed by atoms with Crippen molar-refractivity contribution in [3.63, 3.8) is 0 Å². The first-order valence-corrected chi connectivity index (χ1v) is 12.4. The van der Waals surface area contributed by atoms with Crippen LogP contribution in [0.2, 0.25) is 0 Å². The SMILES string of the molecule is CCCCCCCCc1nc2c(ccc3c4ccc5sc(C)nc5c4ccc32)s1. The number of thiazole rings is 2. The summed E-state index contributed by atoms with van der Waals surface area (Å²) in [7, 11) is 0. The molecule has 0 aliphatic carbocycles. The van der Waals surface area contributed by atoms with Gasteiger partial charge in [0.05, 0.1) is 30.4 Å². The third-order valence-corrected chi connectivity index (χ3v) is 7.82. The number of aromatic nitrogens is 2. The topological polar surface area (TPSA) is 25.8 Å². The van der Waals surface area contributed by atoms with Gasteiger partial charge in [-0.1, -0.05) is 63.3 Å². The second kappa shape index (κ2) is 8.00. The van der Waals surface area contributed by atoms with Crippen molar-refractivity contribution in [1.82, 2.24) is 9.97 Å². The maximum Gasteiger partial charge on any atom is 0.0938 e. The molecule has 0 fully saturated rings. The highest BCUT2D eigenvalue weighted by molar-refractivity contribution is 7.19. The highest BCUT2D eigenvalue weighted by Gasteiger charge is 2.12. The number of unbranched alkanes of at least 4 members (excludes halogenated alkanes) is 5. The van der Waals surface area contributed by atoms with Gasteiger partial charge in [-0.2, -0.15) is 0 Å². The molecule has 5 aromatic rings. The van der Waals surface area contributed by atoms with Crippen molar-refractivity contribution < 1.29 is 0 Å². The number of hydrogen-bond donors (Lipinski definition) is 0. The Morgan fingerprint density at radius 1 is 0.655 bits per heavy atom. The first kappa shape index (κ1) is 19.0. The van der Waals surface area contributed by atoms with Crippen molar-refractivity contribution in [2.75, 3.05) is 0 Å². The van der Waals surface area contributed by atoms with Gasteiger partial charge in [0.15, 0.2) is 0 Å². The van der Waals surface area contributed by atoms with E-state index >= 15 is 0 Å². The standard InChI is InChI=1S/C25H26N2S2/c1-3-4-5-6-7-8-9-23-27-25-20-11-10-19-17(18(20)13-15-22(25)29-23)12-14-21-24(19)26-16(2)28-21/h10-15H,3-9H2,1-2H3. The summed E-state index contributed by atoms with van der Waals surface area (Å²) in [6.07, 6.45) is 9.11. The van der Waals surface area contributed by atoms with E-state index in [4.69, 9.17) is 9.97 Å². The summed E-state index contributed by atoms with van der Waals surface area (Å²) in [6.45, 7) is 4.36. The van der Waals surface area contributed by atoms with Crippen LogP contribution in [-0.4, -0.2) is 9.97 Å². The predicted octanol–water partition coefficient (Wildman–Crippen LogP) is 8.42. The van der Waals surface area contributed by atoms with Crippen molar-refractivity contribution >= 4 is 64.7 Å². The highest BCUT2D eigenvalue weighted by atomic mass is 32.1. The van der Waals surface area contributed by atoms with Crippen molar-refractivity contribution in [2.24, 2.45) is 0 Å². The number of hydrogen-bond acceptors (Lipinski definition) is 4. The van der Waals surface area contributed by atoms with E-state index in [1.54, 1.807) is 11.3 Å². The van der Waals surface area contributed by atoms with Crippen LogP contribution >= 0.6 is 22.7 Å². The normalized spacial score (nSPS) is 12.1. The molecule has 0 amide bonds. The lowest BCUT2D eigenvalue weighted by Gasteiger charge is -2.05. The van der Waals surface area contributed by atoms with Crippen molar-refractivity contribution in [1.29, 1.82) is 0 Å². The summed E-state index contributed by atoms with van der Waals surface area (Å²) < 4.78 is 2.58. The largest absolute Gasteiger partial charge is 0.241 e. The Morgan fingerprint density at radius 3 is 1.97 bits per heavy atom. The maximum absolute atomic E-state index is 5.05. The van der Waals surface area contributed by atoms with E-state index in [2.05, 4.69) is 50.2 Å². The lowest BCUT2D eigenvalue weighted by Crippen LogP contribution is -1.85. The lowest BCUT2D eigenvalue weighted by molar-refractivity contribution is 0.607. The lowest BCUT2D eigenvalue weighted by atomic mass is 10.0. The Bertz CT molecular complexity index is 1310. The second-order valence-corrected chi connectivity index (χ2v) is 10.3. The molecular weight excluding hydrogens is 392 g/mol. The van der Waals surface area contributed by atoms with E-state index in [9.17, 15) is 0 Å². The number of aryl methyl sites for hydroxylation is 2. The zero-order valence-electron chi connectivity index (χ0n) is 17.1. The molecule has 0 atom stereocenters. The summed E-state index contributed by atoms with van der Waals surface area (Å²) in [5.74, 6) is 0. The minimum absolute atomic E-state index is 1.11. The molecule has 0 aliphatic heterocycles. The fourth-order valence-corrected chi connectivity index (χ4v) is 6.19. The molecule has 0 saturated carbocycles. The molecule has 0 radical (unpaired) electrons. The second-order valence-electron chi connectivity index (χ2n) is 7.94. The average molecular weight is 419 g/mol. The van der Waals surface area contributed by atoms with Gasteiger partial charge in [-0.15, -0.1) is 22.7 Å². The van der Waals surface area contributed by atoms with Crippen LogP contribution in [0.3, 0.4) is 0 Å². The van der Waals surface area contributed by atoms with Gasteiger partial charge in [-0.3, -0.25) is 0 Å². The zero-order chi connectivity index (χ0) is 19.8. The Hall–Kier alpha value is -2.04. The third-order valence-electron chi connectivity index (χ3n) is 5.80. The van der Waals surface area contributed by atoms with Gasteiger partial charge in [0.25, 0.3) is 0 Å². The van der Waals surface area contributed by atoms with E-state index < -0.39 is 0 Å². The first-order chi connectivity index (χ1) is 14.2. The quantitative estimate of drug-likeness (QED) is 0.196. The Kier molecular flexibility index (Phi) is 5.23. The van der Waals surface area contributed by atoms with Gasteiger partial charge in [0.1, 0.15) is 0 Å². The molecule has 3 aromatic carbocycles. The van der Waals surface area contributed by atoms with Gasteiger partial charge < -0.3 is 0 Å². The van der Waals surface area contributed by atoms with Crippen LogP contribution in [0.5, 0.6) is 0 Å². The van der Waals surface area contributed by atoms with Gasteiger partial charge >= 0.3 is 0 Å². The predicted molar refractivity (Wildman–Crippen MR) is 130 cm³/mol. The summed E-state index contributed by atoms with van der Waals surface area (Å²) in [5.41, 5.74) is 2.30. The third kappa shape index (κ3) is 3.53. The first-order valence-electron chi connectivity index (χ1n) is 10.8. The van der Waals surface area contributed by atoms with Crippen molar-refractivity contribution in [3.8, 4) is 0 Å². The van der Waals surface area contributed by atoms with Gasteiger partial charge in [-0.05, 0) is 42.7 Å². The molecule has 2 nitrogen and oxygen atoms in total. The van der Waals surface area contributed by atoms with Crippen LogP contribution < -0.4 is 0 Å². The molecule has 0 saturated heterocycles. The smallest absolute Gasteiger partial charge is 0.0938 e. The number of rotatable bonds is 7. The molecule has 148 valence electrons. The van der Waals surface area contributed by atoms with Crippen LogP contribution in [-0.2, 0) is 6.42 Å². The van der Waals surface area contributed by atoms with E-state index in [0.717, 1.165) is 16.9 Å². The van der Waals surface area contributed by atoms with E-state index in [1.807, 2.05) is 11.3 Å². The maximum atomic E-state index is 5.05. The fraction of sp³-hybridized carbons (Fsp3) is 0.360. The number of nitrogens with zero attached hydrogens (tertiary/aromatic N) is 2. The molecule has 0 bridgehead atoms. The molecule has 0 N–H and O–H groups in total. The van der Waals surface area contributed by atoms with E-state index in [1.165, 1.54) is 80.0 Å². The van der Waals surface area contributed by atoms with Crippen molar-refractivity contribution in [2.45, 2.75) is 58.8 Å². The molecule has 0 unspecified atom stereocenters. The van der Waals surface area contributed by atoms with Gasteiger partial charge in [0, 0.05) is 10.8 Å². The van der Waals surface area contributed by atoms with Crippen LogP contribution in [0.25, 0.3) is 42.0 Å². The van der Waals surface area contributed by atoms with Crippen LogP contribution in [0.15, 0.2) is 36.4 Å².